The van der Waals surface area contributed by atoms with E-state index < -0.39 is 0 Å². The zero-order valence-electron chi connectivity index (χ0n) is 19.5. The van der Waals surface area contributed by atoms with Crippen LogP contribution in [-0.2, 0) is 0 Å². The highest BCUT2D eigenvalue weighted by molar-refractivity contribution is 6.07. The quantitative estimate of drug-likeness (QED) is 0.264. The molecule has 0 radical (unpaired) electrons. The lowest BCUT2D eigenvalue weighted by atomic mass is 10.1. The molecular weight excluding hydrogens is 440 g/mol. The van der Waals surface area contributed by atoms with Crippen LogP contribution < -0.4 is 4.90 Å². The van der Waals surface area contributed by atoms with Crippen LogP contribution in [0.15, 0.2) is 133 Å². The molecule has 7 aromatic rings. The first kappa shape index (κ1) is 20.4. The summed E-state index contributed by atoms with van der Waals surface area (Å²) < 4.78 is 2.22. The summed E-state index contributed by atoms with van der Waals surface area (Å²) in [6.45, 7) is 0. The second-order valence-electron chi connectivity index (χ2n) is 8.76. The minimum atomic E-state index is 0.859. The number of rotatable bonds is 4. The standard InChI is InChI=1S/C32H22N4/c1-3-12-23(13-4-1)35(24-14-5-2-6-15-24)25-16-11-17-26(22-25)36-30-21-10-7-18-27(30)31-32(36)34-29-20-9-8-19-28(29)33-31/h1-22H. The van der Waals surface area contributed by atoms with Gasteiger partial charge in [-0.15, -0.1) is 0 Å². The predicted molar refractivity (Wildman–Crippen MR) is 149 cm³/mol. The van der Waals surface area contributed by atoms with Gasteiger partial charge in [-0.05, 0) is 60.7 Å². The van der Waals surface area contributed by atoms with E-state index in [0.29, 0.717) is 0 Å². The Hall–Kier alpha value is -4.96. The van der Waals surface area contributed by atoms with E-state index in [-0.39, 0.29) is 0 Å². The molecule has 36 heavy (non-hydrogen) atoms. The molecule has 5 aromatic carbocycles. The van der Waals surface area contributed by atoms with Gasteiger partial charge in [0.2, 0.25) is 0 Å². The Kier molecular flexibility index (Phi) is 4.74. The average Bonchev–Trinajstić information content (AvgIpc) is 3.26. The summed E-state index contributed by atoms with van der Waals surface area (Å²) >= 11 is 0. The number of anilines is 3. The van der Waals surface area contributed by atoms with E-state index in [0.717, 1.165) is 55.8 Å². The lowest BCUT2D eigenvalue weighted by Crippen LogP contribution is -2.10. The van der Waals surface area contributed by atoms with Crippen molar-refractivity contribution in [2.24, 2.45) is 0 Å². The Morgan fingerprint density at radius 2 is 1.08 bits per heavy atom. The second kappa shape index (κ2) is 8.36. The van der Waals surface area contributed by atoms with Gasteiger partial charge in [0.15, 0.2) is 5.65 Å². The molecule has 170 valence electrons. The van der Waals surface area contributed by atoms with Crippen molar-refractivity contribution in [2.75, 3.05) is 4.90 Å². The highest BCUT2D eigenvalue weighted by atomic mass is 15.1. The van der Waals surface area contributed by atoms with E-state index in [2.05, 4.69) is 107 Å². The molecule has 0 aliphatic rings. The van der Waals surface area contributed by atoms with Crippen LogP contribution in [0.3, 0.4) is 0 Å². The first-order valence-corrected chi connectivity index (χ1v) is 12.0. The first-order valence-electron chi connectivity index (χ1n) is 12.0. The Morgan fingerprint density at radius 3 is 1.81 bits per heavy atom. The normalized spacial score (nSPS) is 11.3. The molecule has 2 aromatic heterocycles. The topological polar surface area (TPSA) is 34.0 Å². The monoisotopic (exact) mass is 462 g/mol. The summed E-state index contributed by atoms with van der Waals surface area (Å²) in [7, 11) is 0. The molecule has 2 heterocycles. The summed E-state index contributed by atoms with van der Waals surface area (Å²) in [5.74, 6) is 0. The fourth-order valence-electron chi connectivity index (χ4n) is 4.94. The Balaban J connectivity index is 1.49. The fourth-order valence-corrected chi connectivity index (χ4v) is 4.94. The van der Waals surface area contributed by atoms with Crippen molar-refractivity contribution in [3.8, 4) is 5.69 Å². The molecule has 0 N–H and O–H groups in total. The van der Waals surface area contributed by atoms with Crippen LogP contribution in [0.1, 0.15) is 0 Å². The van der Waals surface area contributed by atoms with Crippen LogP contribution in [0.4, 0.5) is 17.1 Å². The lowest BCUT2D eigenvalue weighted by molar-refractivity contribution is 1.13. The van der Waals surface area contributed by atoms with Gasteiger partial charge >= 0.3 is 0 Å². The van der Waals surface area contributed by atoms with E-state index in [9.17, 15) is 0 Å². The van der Waals surface area contributed by atoms with Crippen molar-refractivity contribution >= 4 is 50.2 Å². The molecule has 4 nitrogen and oxygen atoms in total. The Labute approximate surface area is 208 Å². The first-order chi connectivity index (χ1) is 17.9. The van der Waals surface area contributed by atoms with Crippen molar-refractivity contribution in [3.05, 3.63) is 133 Å². The number of benzene rings is 5. The fraction of sp³-hybridized carbons (Fsp3) is 0. The molecule has 0 fully saturated rings. The second-order valence-corrected chi connectivity index (χ2v) is 8.76. The zero-order chi connectivity index (χ0) is 23.9. The summed E-state index contributed by atoms with van der Waals surface area (Å²) in [6.07, 6.45) is 0. The molecule has 0 atom stereocenters. The van der Waals surface area contributed by atoms with Crippen molar-refractivity contribution < 1.29 is 0 Å². The molecule has 0 saturated carbocycles. The number of hydrogen-bond acceptors (Lipinski definition) is 3. The third kappa shape index (κ3) is 3.31. The van der Waals surface area contributed by atoms with Gasteiger partial charge in [-0.2, -0.15) is 0 Å². The van der Waals surface area contributed by atoms with Crippen molar-refractivity contribution in [1.82, 2.24) is 14.5 Å². The Morgan fingerprint density at radius 1 is 0.500 bits per heavy atom. The van der Waals surface area contributed by atoms with E-state index in [1.54, 1.807) is 0 Å². The van der Waals surface area contributed by atoms with Crippen LogP contribution in [0.25, 0.3) is 38.8 Å². The summed E-state index contributed by atoms with van der Waals surface area (Å²) in [5.41, 5.74) is 8.98. The van der Waals surface area contributed by atoms with E-state index in [4.69, 9.17) is 9.97 Å². The van der Waals surface area contributed by atoms with Gasteiger partial charge in [-0.1, -0.05) is 72.8 Å². The summed E-state index contributed by atoms with van der Waals surface area (Å²) in [6, 6.07) is 46.0. The minimum absolute atomic E-state index is 0.859. The predicted octanol–water partition coefficient (Wildman–Crippen LogP) is 8.20. The van der Waals surface area contributed by atoms with Gasteiger partial charge in [0.1, 0.15) is 5.52 Å². The molecular formula is C32H22N4. The molecule has 4 heteroatoms. The molecule has 0 unspecified atom stereocenters. The largest absolute Gasteiger partial charge is 0.310 e. The van der Waals surface area contributed by atoms with Crippen molar-refractivity contribution in [2.45, 2.75) is 0 Å². The summed E-state index contributed by atoms with van der Waals surface area (Å²) in [4.78, 5) is 12.4. The zero-order valence-corrected chi connectivity index (χ0v) is 19.5. The van der Waals surface area contributed by atoms with Gasteiger partial charge in [0.05, 0.1) is 16.6 Å². The van der Waals surface area contributed by atoms with Crippen molar-refractivity contribution in [3.63, 3.8) is 0 Å². The van der Waals surface area contributed by atoms with Crippen LogP contribution in [0, 0.1) is 0 Å². The maximum absolute atomic E-state index is 5.07. The SMILES string of the molecule is c1ccc(N(c2ccccc2)c2cccc(-n3c4ccccc4c4nc5ccccc5nc43)c2)cc1. The van der Waals surface area contributed by atoms with Crippen LogP contribution in [0.2, 0.25) is 0 Å². The number of para-hydroxylation sites is 5. The van der Waals surface area contributed by atoms with Crippen LogP contribution >= 0.6 is 0 Å². The molecule has 0 aliphatic carbocycles. The maximum atomic E-state index is 5.07. The van der Waals surface area contributed by atoms with Gasteiger partial charge in [0, 0.05) is 28.1 Å². The highest BCUT2D eigenvalue weighted by Gasteiger charge is 2.17. The van der Waals surface area contributed by atoms with E-state index >= 15 is 0 Å². The average molecular weight is 463 g/mol. The van der Waals surface area contributed by atoms with Gasteiger partial charge in [-0.3, -0.25) is 4.57 Å². The molecule has 0 bridgehead atoms. The number of aromatic nitrogens is 3. The molecule has 0 spiro atoms. The highest BCUT2D eigenvalue weighted by Crippen LogP contribution is 2.37. The van der Waals surface area contributed by atoms with E-state index in [1.807, 2.05) is 36.4 Å². The molecule has 7 rings (SSSR count). The van der Waals surface area contributed by atoms with Gasteiger partial charge < -0.3 is 4.90 Å². The van der Waals surface area contributed by atoms with E-state index in [1.165, 1.54) is 0 Å². The van der Waals surface area contributed by atoms with Gasteiger partial charge in [-0.25, -0.2) is 9.97 Å². The number of nitrogens with zero attached hydrogens (tertiary/aromatic N) is 4. The van der Waals surface area contributed by atoms with Crippen molar-refractivity contribution in [1.29, 1.82) is 0 Å². The number of hydrogen-bond donors (Lipinski definition) is 0. The number of fused-ring (bicyclic) bond motifs is 4. The molecule has 0 saturated heterocycles. The molecule has 0 aliphatic heterocycles. The third-order valence-electron chi connectivity index (χ3n) is 6.54. The third-order valence-corrected chi connectivity index (χ3v) is 6.54. The maximum Gasteiger partial charge on any atom is 0.165 e. The smallest absolute Gasteiger partial charge is 0.165 e. The Bertz CT molecular complexity index is 1800. The lowest BCUT2D eigenvalue weighted by Gasteiger charge is -2.26. The van der Waals surface area contributed by atoms with Crippen LogP contribution in [-0.4, -0.2) is 14.5 Å². The molecule has 0 amide bonds. The summed E-state index contributed by atoms with van der Waals surface area (Å²) in [5, 5.41) is 1.10. The van der Waals surface area contributed by atoms with Gasteiger partial charge in [0.25, 0.3) is 0 Å². The minimum Gasteiger partial charge on any atom is -0.310 e. The van der Waals surface area contributed by atoms with Crippen LogP contribution in [0.5, 0.6) is 0 Å².